The minimum absolute atomic E-state index is 0.0335. The highest BCUT2D eigenvalue weighted by Crippen LogP contribution is 2.43. The minimum atomic E-state index is -0.852. The fourth-order valence-electron chi connectivity index (χ4n) is 4.23. The predicted molar refractivity (Wildman–Crippen MR) is 125 cm³/mol. The Bertz CT molecular complexity index is 1400. The molecule has 0 radical (unpaired) electrons. The summed E-state index contributed by atoms with van der Waals surface area (Å²) in [7, 11) is 1.55. The van der Waals surface area contributed by atoms with Crippen LogP contribution in [0.1, 0.15) is 27.7 Å². The number of rotatable bonds is 5. The monoisotopic (exact) mass is 439 g/mol. The Hall–Kier alpha value is -4.32. The van der Waals surface area contributed by atoms with Crippen molar-refractivity contribution in [1.82, 2.24) is 0 Å². The Kier molecular flexibility index (Phi) is 4.98. The molecule has 164 valence electrons. The van der Waals surface area contributed by atoms with Crippen LogP contribution in [0, 0.1) is 6.92 Å². The van der Waals surface area contributed by atoms with E-state index in [1.165, 1.54) is 4.90 Å². The van der Waals surface area contributed by atoms with Crippen molar-refractivity contribution in [2.45, 2.75) is 13.0 Å². The van der Waals surface area contributed by atoms with Crippen LogP contribution in [0.3, 0.4) is 0 Å². The van der Waals surface area contributed by atoms with Gasteiger partial charge < -0.3 is 14.3 Å². The maximum atomic E-state index is 13.6. The van der Waals surface area contributed by atoms with Gasteiger partial charge in [-0.05, 0) is 54.4 Å². The number of methoxy groups -OCH3 is 1. The highest BCUT2D eigenvalue weighted by atomic mass is 16.5. The van der Waals surface area contributed by atoms with Crippen molar-refractivity contribution in [2.24, 2.45) is 0 Å². The average Bonchev–Trinajstić information content (AvgIpc) is 3.38. The minimum Gasteiger partial charge on any atom is -0.503 e. The number of anilines is 1. The van der Waals surface area contributed by atoms with Gasteiger partial charge in [0.05, 0.1) is 18.7 Å². The zero-order valence-corrected chi connectivity index (χ0v) is 18.1. The smallest absolute Gasteiger partial charge is 0.294 e. The Morgan fingerprint density at radius 2 is 1.79 bits per heavy atom. The lowest BCUT2D eigenvalue weighted by atomic mass is 9.94. The van der Waals surface area contributed by atoms with Crippen molar-refractivity contribution >= 4 is 28.3 Å². The Morgan fingerprint density at radius 1 is 1.00 bits per heavy atom. The number of ketones is 1. The van der Waals surface area contributed by atoms with Crippen molar-refractivity contribution in [3.8, 4) is 5.75 Å². The summed E-state index contributed by atoms with van der Waals surface area (Å²) in [6, 6.07) is 22.5. The van der Waals surface area contributed by atoms with E-state index in [4.69, 9.17) is 9.15 Å². The second-order valence-electron chi connectivity index (χ2n) is 7.93. The lowest BCUT2D eigenvalue weighted by Crippen LogP contribution is -2.31. The van der Waals surface area contributed by atoms with E-state index in [0.29, 0.717) is 22.6 Å². The SMILES string of the molecule is COc1cccc(C2C(C(=O)c3cc4ccccc4o3)=C(O)C(=O)N2c2cccc(C)c2)c1. The summed E-state index contributed by atoms with van der Waals surface area (Å²) in [6.07, 6.45) is 0. The number of amides is 1. The quantitative estimate of drug-likeness (QED) is 0.414. The predicted octanol–water partition coefficient (Wildman–Crippen LogP) is 5.53. The summed E-state index contributed by atoms with van der Waals surface area (Å²) in [6.45, 7) is 1.92. The third kappa shape index (κ3) is 3.46. The largest absolute Gasteiger partial charge is 0.503 e. The van der Waals surface area contributed by atoms with E-state index >= 15 is 0 Å². The summed E-state index contributed by atoms with van der Waals surface area (Å²) in [4.78, 5) is 28.3. The fraction of sp³-hybridized carbons (Fsp3) is 0.111. The zero-order valence-electron chi connectivity index (χ0n) is 18.1. The molecule has 2 heterocycles. The van der Waals surface area contributed by atoms with Gasteiger partial charge in [-0.3, -0.25) is 14.5 Å². The van der Waals surface area contributed by atoms with E-state index in [9.17, 15) is 14.7 Å². The molecule has 1 amide bonds. The lowest BCUT2D eigenvalue weighted by Gasteiger charge is -2.27. The summed E-state index contributed by atoms with van der Waals surface area (Å²) in [5, 5.41) is 11.7. The second-order valence-corrected chi connectivity index (χ2v) is 7.93. The highest BCUT2D eigenvalue weighted by Gasteiger charge is 2.45. The van der Waals surface area contributed by atoms with Gasteiger partial charge in [0, 0.05) is 11.1 Å². The first-order valence-electron chi connectivity index (χ1n) is 10.5. The maximum absolute atomic E-state index is 13.6. The number of aliphatic hydroxyl groups is 1. The van der Waals surface area contributed by atoms with E-state index in [-0.39, 0.29) is 11.3 Å². The molecule has 0 spiro atoms. The molecule has 0 bridgehead atoms. The molecule has 1 N–H and O–H groups in total. The third-order valence-electron chi connectivity index (χ3n) is 5.79. The molecule has 1 aliphatic heterocycles. The highest BCUT2D eigenvalue weighted by molar-refractivity contribution is 6.20. The maximum Gasteiger partial charge on any atom is 0.294 e. The number of aryl methyl sites for hydroxylation is 1. The van der Waals surface area contributed by atoms with Crippen LogP contribution in [0.4, 0.5) is 5.69 Å². The van der Waals surface area contributed by atoms with E-state index in [1.807, 2.05) is 43.3 Å². The van der Waals surface area contributed by atoms with Gasteiger partial charge in [0.15, 0.2) is 11.5 Å². The number of benzene rings is 3. The molecular formula is C27H21NO5. The first kappa shape index (κ1) is 20.6. The van der Waals surface area contributed by atoms with Crippen LogP contribution >= 0.6 is 0 Å². The third-order valence-corrected chi connectivity index (χ3v) is 5.79. The number of Topliss-reactive ketones (excluding diaryl/α,β-unsaturated/α-hetero) is 1. The van der Waals surface area contributed by atoms with Crippen molar-refractivity contribution < 1.29 is 23.8 Å². The first-order chi connectivity index (χ1) is 16.0. The second kappa shape index (κ2) is 7.98. The molecule has 0 aliphatic carbocycles. The van der Waals surface area contributed by atoms with Gasteiger partial charge in [-0.15, -0.1) is 0 Å². The molecule has 6 heteroatoms. The summed E-state index contributed by atoms with van der Waals surface area (Å²) in [5.41, 5.74) is 2.67. The van der Waals surface area contributed by atoms with Crippen LogP contribution in [0.2, 0.25) is 0 Å². The molecule has 6 nitrogen and oxygen atoms in total. The molecular weight excluding hydrogens is 418 g/mol. The number of ether oxygens (including phenoxy) is 1. The van der Waals surface area contributed by atoms with Crippen molar-refractivity contribution in [1.29, 1.82) is 0 Å². The van der Waals surface area contributed by atoms with Crippen molar-refractivity contribution in [3.05, 3.63) is 107 Å². The molecule has 1 aromatic heterocycles. The van der Waals surface area contributed by atoms with E-state index < -0.39 is 23.5 Å². The molecule has 1 aliphatic rings. The molecule has 0 saturated carbocycles. The van der Waals surface area contributed by atoms with E-state index in [2.05, 4.69) is 0 Å². The zero-order chi connectivity index (χ0) is 23.1. The van der Waals surface area contributed by atoms with Crippen LogP contribution < -0.4 is 9.64 Å². The van der Waals surface area contributed by atoms with E-state index in [1.54, 1.807) is 49.6 Å². The summed E-state index contributed by atoms with van der Waals surface area (Å²) >= 11 is 0. The first-order valence-corrected chi connectivity index (χ1v) is 10.5. The number of para-hydroxylation sites is 1. The van der Waals surface area contributed by atoms with Crippen molar-refractivity contribution in [3.63, 3.8) is 0 Å². The van der Waals surface area contributed by atoms with Gasteiger partial charge in [0.25, 0.3) is 5.91 Å². The van der Waals surface area contributed by atoms with Gasteiger partial charge in [0.1, 0.15) is 11.3 Å². The fourth-order valence-corrected chi connectivity index (χ4v) is 4.23. The van der Waals surface area contributed by atoms with Gasteiger partial charge in [0.2, 0.25) is 5.78 Å². The number of carbonyl (C=O) groups is 2. The molecule has 4 aromatic rings. The van der Waals surface area contributed by atoms with Crippen molar-refractivity contribution in [2.75, 3.05) is 12.0 Å². The lowest BCUT2D eigenvalue weighted by molar-refractivity contribution is -0.117. The van der Waals surface area contributed by atoms with Crippen LogP contribution in [0.5, 0.6) is 5.75 Å². The Morgan fingerprint density at radius 3 is 2.55 bits per heavy atom. The van der Waals surface area contributed by atoms with Gasteiger partial charge in [-0.25, -0.2) is 0 Å². The number of furan rings is 1. The molecule has 0 saturated heterocycles. The average molecular weight is 439 g/mol. The Balaban J connectivity index is 1.68. The summed E-state index contributed by atoms with van der Waals surface area (Å²) < 4.78 is 11.1. The number of hydrogen-bond acceptors (Lipinski definition) is 5. The standard InChI is InChI=1S/C27H21NO5/c1-16-7-5-10-19(13-16)28-24(18-9-6-11-20(14-18)32-2)23(26(30)27(28)31)25(29)22-15-17-8-3-4-12-21(17)33-22/h3-15,24,30H,1-2H3. The molecule has 33 heavy (non-hydrogen) atoms. The number of nitrogens with zero attached hydrogens (tertiary/aromatic N) is 1. The number of aliphatic hydroxyl groups excluding tert-OH is 1. The topological polar surface area (TPSA) is 80.0 Å². The van der Waals surface area contributed by atoms with Crippen LogP contribution in [0.25, 0.3) is 11.0 Å². The summed E-state index contributed by atoms with van der Waals surface area (Å²) in [5.74, 6) is -1.14. The molecule has 1 atom stereocenters. The Labute approximate surface area is 190 Å². The normalized spacial score (nSPS) is 16.0. The van der Waals surface area contributed by atoms with Crippen LogP contribution in [0.15, 0.2) is 94.6 Å². The number of hydrogen-bond donors (Lipinski definition) is 1. The number of carbonyl (C=O) groups excluding carboxylic acids is 2. The molecule has 1 unspecified atom stereocenters. The van der Waals surface area contributed by atoms with Crippen LogP contribution in [-0.2, 0) is 4.79 Å². The van der Waals surface area contributed by atoms with Gasteiger partial charge in [-0.2, -0.15) is 0 Å². The van der Waals surface area contributed by atoms with Gasteiger partial charge in [-0.1, -0.05) is 42.5 Å². The molecule has 3 aromatic carbocycles. The molecule has 0 fully saturated rings. The molecule has 5 rings (SSSR count). The van der Waals surface area contributed by atoms with Gasteiger partial charge >= 0.3 is 0 Å². The number of fused-ring (bicyclic) bond motifs is 1. The van der Waals surface area contributed by atoms with E-state index in [0.717, 1.165) is 10.9 Å². The van der Waals surface area contributed by atoms with Crippen LogP contribution in [-0.4, -0.2) is 23.9 Å².